The fraction of sp³-hybridized carbons (Fsp3) is 0.474. The molecule has 1 fully saturated rings. The standard InChI is InChI=1S/C19H25N3O7S/c1-19(2)14(17(26)27)22-15(30-19)13(18(28)29-9-11(20)16(24)25)21-12(23)8-10-6-4-3-5-7-10/h3-7,11,13-15,22H,8-9,20H2,1-2H3,(H,21,23)(H,24,25)(H,26,27)/t11-,13-,14-,15+/m0/s1. The Hall–Kier alpha value is -2.63. The van der Waals surface area contributed by atoms with Crippen molar-refractivity contribution < 1.29 is 34.1 Å². The van der Waals surface area contributed by atoms with Crippen LogP contribution in [0.4, 0.5) is 0 Å². The van der Waals surface area contributed by atoms with E-state index in [1.807, 2.05) is 0 Å². The largest absolute Gasteiger partial charge is 0.480 e. The summed E-state index contributed by atoms with van der Waals surface area (Å²) in [4.78, 5) is 47.6. The molecular weight excluding hydrogens is 414 g/mol. The molecule has 6 N–H and O–H groups in total. The first-order valence-corrected chi connectivity index (χ1v) is 10.0. The van der Waals surface area contributed by atoms with Gasteiger partial charge in [-0.1, -0.05) is 30.3 Å². The average molecular weight is 439 g/mol. The first-order chi connectivity index (χ1) is 14.0. The van der Waals surface area contributed by atoms with E-state index in [1.165, 1.54) is 11.8 Å². The number of carboxylic acid groups (broad SMARTS) is 2. The molecule has 0 aliphatic carbocycles. The molecule has 1 aliphatic rings. The lowest BCUT2D eigenvalue weighted by Gasteiger charge is -2.24. The highest BCUT2D eigenvalue weighted by atomic mass is 32.2. The van der Waals surface area contributed by atoms with Gasteiger partial charge in [0.15, 0.2) is 6.04 Å². The molecule has 0 bridgehead atoms. The van der Waals surface area contributed by atoms with Crippen molar-refractivity contribution in [1.29, 1.82) is 0 Å². The van der Waals surface area contributed by atoms with Gasteiger partial charge >= 0.3 is 17.9 Å². The van der Waals surface area contributed by atoms with Gasteiger partial charge in [-0.05, 0) is 19.4 Å². The van der Waals surface area contributed by atoms with Crippen LogP contribution < -0.4 is 16.4 Å². The summed E-state index contributed by atoms with van der Waals surface area (Å²) < 4.78 is 4.23. The van der Waals surface area contributed by atoms with E-state index in [4.69, 9.17) is 15.6 Å². The minimum absolute atomic E-state index is 0.00238. The smallest absolute Gasteiger partial charge is 0.331 e. The maximum absolute atomic E-state index is 12.6. The number of aliphatic carboxylic acids is 2. The number of nitrogens with two attached hydrogens (primary N) is 1. The maximum atomic E-state index is 12.6. The summed E-state index contributed by atoms with van der Waals surface area (Å²) in [6.07, 6.45) is 0.00238. The highest BCUT2D eigenvalue weighted by molar-refractivity contribution is 8.01. The highest BCUT2D eigenvalue weighted by Crippen LogP contribution is 2.39. The van der Waals surface area contributed by atoms with E-state index in [-0.39, 0.29) is 6.42 Å². The molecule has 1 saturated heterocycles. The SMILES string of the molecule is CC1(C)S[C@H]([C@H](NC(=O)Cc2ccccc2)C(=O)OC[C@H](N)C(=O)O)N[C@H]1C(=O)O. The van der Waals surface area contributed by atoms with Crippen LogP contribution in [0.3, 0.4) is 0 Å². The van der Waals surface area contributed by atoms with Gasteiger partial charge in [0.25, 0.3) is 0 Å². The molecule has 1 amide bonds. The zero-order valence-corrected chi connectivity index (χ0v) is 17.3. The summed E-state index contributed by atoms with van der Waals surface area (Å²) in [6, 6.07) is 5.25. The van der Waals surface area contributed by atoms with Crippen LogP contribution in [0.25, 0.3) is 0 Å². The molecule has 4 atom stereocenters. The van der Waals surface area contributed by atoms with Crippen molar-refractivity contribution in [3.8, 4) is 0 Å². The molecule has 1 aromatic carbocycles. The topological polar surface area (TPSA) is 168 Å². The first kappa shape index (κ1) is 23.6. The van der Waals surface area contributed by atoms with E-state index in [2.05, 4.69) is 10.6 Å². The molecule has 0 aromatic heterocycles. The van der Waals surface area contributed by atoms with Gasteiger partial charge in [0, 0.05) is 4.75 Å². The van der Waals surface area contributed by atoms with Crippen LogP contribution in [0.2, 0.25) is 0 Å². The Kier molecular flexibility index (Phi) is 7.82. The van der Waals surface area contributed by atoms with Crippen molar-refractivity contribution in [2.24, 2.45) is 5.73 Å². The average Bonchev–Trinajstić information content (AvgIpc) is 2.99. The Morgan fingerprint density at radius 2 is 1.87 bits per heavy atom. The number of hydrogen-bond donors (Lipinski definition) is 5. The number of thioether (sulfide) groups is 1. The molecule has 0 unspecified atom stereocenters. The number of hydrogen-bond acceptors (Lipinski definition) is 8. The monoisotopic (exact) mass is 439 g/mol. The third-order valence-electron chi connectivity index (χ3n) is 4.51. The zero-order chi connectivity index (χ0) is 22.5. The minimum atomic E-state index is -1.41. The van der Waals surface area contributed by atoms with Crippen LogP contribution >= 0.6 is 11.8 Å². The fourth-order valence-electron chi connectivity index (χ4n) is 2.92. The number of nitrogens with one attached hydrogen (secondary N) is 2. The maximum Gasteiger partial charge on any atom is 0.331 e. The van der Waals surface area contributed by atoms with Gasteiger partial charge in [0.2, 0.25) is 5.91 Å². The van der Waals surface area contributed by atoms with E-state index in [1.54, 1.807) is 44.2 Å². The van der Waals surface area contributed by atoms with Crippen LogP contribution in [0, 0.1) is 0 Å². The van der Waals surface area contributed by atoms with Gasteiger partial charge in [0.05, 0.1) is 11.8 Å². The second-order valence-electron chi connectivity index (χ2n) is 7.36. The number of carboxylic acids is 2. The van der Waals surface area contributed by atoms with Crippen LogP contribution in [-0.4, -0.2) is 68.9 Å². The summed E-state index contributed by atoms with van der Waals surface area (Å²) in [5.74, 6) is -3.80. The van der Waals surface area contributed by atoms with Crippen molar-refractivity contribution in [3.63, 3.8) is 0 Å². The second-order valence-corrected chi connectivity index (χ2v) is 9.16. The van der Waals surface area contributed by atoms with Crippen molar-refractivity contribution >= 4 is 35.6 Å². The van der Waals surface area contributed by atoms with Gasteiger partial charge in [-0.15, -0.1) is 11.8 Å². The van der Waals surface area contributed by atoms with Crippen molar-refractivity contribution in [1.82, 2.24) is 10.6 Å². The van der Waals surface area contributed by atoms with Crippen LogP contribution in [-0.2, 0) is 30.3 Å². The Labute approximate surface area is 177 Å². The molecule has 164 valence electrons. The minimum Gasteiger partial charge on any atom is -0.480 e. The normalized spacial score (nSPS) is 22.0. The predicted octanol–water partition coefficient (Wildman–Crippen LogP) is -0.437. The van der Waals surface area contributed by atoms with Crippen molar-refractivity contribution in [3.05, 3.63) is 35.9 Å². The van der Waals surface area contributed by atoms with Crippen molar-refractivity contribution in [2.75, 3.05) is 6.61 Å². The molecule has 1 aliphatic heterocycles. The number of ether oxygens (including phenoxy) is 1. The van der Waals surface area contributed by atoms with Gasteiger partial charge < -0.3 is 26.0 Å². The predicted molar refractivity (Wildman–Crippen MR) is 109 cm³/mol. The number of carbonyl (C=O) groups excluding carboxylic acids is 2. The molecular formula is C19H25N3O7S. The third kappa shape index (κ3) is 6.18. The quantitative estimate of drug-likeness (QED) is 0.318. The van der Waals surface area contributed by atoms with E-state index < -0.39 is 58.7 Å². The molecule has 0 saturated carbocycles. The highest BCUT2D eigenvalue weighted by Gasteiger charge is 2.49. The van der Waals surface area contributed by atoms with E-state index in [0.717, 1.165) is 5.56 Å². The zero-order valence-electron chi connectivity index (χ0n) is 16.5. The third-order valence-corrected chi connectivity index (χ3v) is 6.01. The van der Waals surface area contributed by atoms with Crippen LogP contribution in [0.5, 0.6) is 0 Å². The number of benzene rings is 1. The summed E-state index contributed by atoms with van der Waals surface area (Å²) in [5.41, 5.74) is 6.09. The molecule has 1 aromatic rings. The Morgan fingerprint density at radius 1 is 1.23 bits per heavy atom. The number of carbonyl (C=O) groups is 4. The Bertz CT molecular complexity index is 803. The summed E-state index contributed by atoms with van der Waals surface area (Å²) in [5, 5.41) is 22.9. The summed E-state index contributed by atoms with van der Waals surface area (Å²) in [7, 11) is 0. The molecule has 2 rings (SSSR count). The Balaban J connectivity index is 2.15. The second kappa shape index (κ2) is 9.92. The Morgan fingerprint density at radius 3 is 2.40 bits per heavy atom. The van der Waals surface area contributed by atoms with E-state index in [9.17, 15) is 24.3 Å². The molecule has 10 nitrogen and oxygen atoms in total. The van der Waals surface area contributed by atoms with Gasteiger partial charge in [-0.25, -0.2) is 4.79 Å². The van der Waals surface area contributed by atoms with Gasteiger partial charge in [0.1, 0.15) is 18.7 Å². The molecule has 30 heavy (non-hydrogen) atoms. The number of amides is 1. The first-order valence-electron chi connectivity index (χ1n) is 9.16. The molecule has 11 heteroatoms. The number of esters is 1. The fourth-order valence-corrected chi connectivity index (χ4v) is 4.40. The lowest BCUT2D eigenvalue weighted by atomic mass is 10.0. The molecule has 0 spiro atoms. The van der Waals surface area contributed by atoms with Crippen molar-refractivity contribution in [2.45, 2.75) is 48.5 Å². The molecule has 0 radical (unpaired) electrons. The molecule has 1 heterocycles. The van der Waals surface area contributed by atoms with E-state index >= 15 is 0 Å². The lowest BCUT2D eigenvalue weighted by molar-refractivity contribution is -0.151. The summed E-state index contributed by atoms with van der Waals surface area (Å²) >= 11 is 1.17. The van der Waals surface area contributed by atoms with E-state index in [0.29, 0.717) is 0 Å². The number of rotatable bonds is 9. The summed E-state index contributed by atoms with van der Waals surface area (Å²) in [6.45, 7) is 2.83. The lowest BCUT2D eigenvalue weighted by Crippen LogP contribution is -2.55. The van der Waals surface area contributed by atoms with Crippen LogP contribution in [0.1, 0.15) is 19.4 Å². The van der Waals surface area contributed by atoms with Gasteiger partial charge in [-0.2, -0.15) is 0 Å². The van der Waals surface area contributed by atoms with Crippen LogP contribution in [0.15, 0.2) is 30.3 Å². The van der Waals surface area contributed by atoms with Gasteiger partial charge in [-0.3, -0.25) is 19.7 Å².